The first kappa shape index (κ1) is 11.6. The van der Waals surface area contributed by atoms with Gasteiger partial charge in [-0.1, -0.05) is 5.21 Å². The fraction of sp³-hybridized carbons (Fsp3) is 0.667. The molecule has 0 bridgehead atoms. The number of rotatable bonds is 5. The van der Waals surface area contributed by atoms with Crippen LogP contribution in [0.3, 0.4) is 0 Å². The molecule has 0 aliphatic carbocycles. The van der Waals surface area contributed by atoms with E-state index in [4.69, 9.17) is 5.73 Å². The number of nitrogens with zero attached hydrogens (tertiary/aromatic N) is 4. The molecule has 0 fully saturated rings. The molecular formula is C9H17N5O. The number of amides is 1. The van der Waals surface area contributed by atoms with Gasteiger partial charge in [-0.25, -0.2) is 0 Å². The van der Waals surface area contributed by atoms with Crippen molar-refractivity contribution in [2.75, 3.05) is 13.6 Å². The number of carbonyl (C=O) groups is 1. The fourth-order valence-electron chi connectivity index (χ4n) is 1.14. The van der Waals surface area contributed by atoms with Gasteiger partial charge in [-0.15, -0.1) is 5.10 Å². The van der Waals surface area contributed by atoms with Gasteiger partial charge in [0.2, 0.25) is 5.91 Å². The van der Waals surface area contributed by atoms with Crippen molar-refractivity contribution in [1.29, 1.82) is 0 Å². The molecule has 84 valence electrons. The summed E-state index contributed by atoms with van der Waals surface area (Å²) < 4.78 is 1.64. The van der Waals surface area contributed by atoms with Gasteiger partial charge in [-0.05, 0) is 6.92 Å². The maximum absolute atomic E-state index is 11.6. The monoisotopic (exact) mass is 211 g/mol. The van der Waals surface area contributed by atoms with Crippen LogP contribution in [0, 0.1) is 0 Å². The van der Waals surface area contributed by atoms with Crippen LogP contribution in [0.5, 0.6) is 0 Å². The van der Waals surface area contributed by atoms with Gasteiger partial charge in [0.25, 0.3) is 0 Å². The number of aromatic nitrogens is 3. The third-order valence-electron chi connectivity index (χ3n) is 2.42. The van der Waals surface area contributed by atoms with E-state index in [2.05, 4.69) is 10.3 Å². The summed E-state index contributed by atoms with van der Waals surface area (Å²) in [6.45, 7) is 2.96. The molecule has 1 rings (SSSR count). The molecule has 1 unspecified atom stereocenters. The fourth-order valence-corrected chi connectivity index (χ4v) is 1.14. The predicted molar refractivity (Wildman–Crippen MR) is 55.9 cm³/mol. The molecule has 15 heavy (non-hydrogen) atoms. The lowest BCUT2D eigenvalue weighted by Gasteiger charge is -2.23. The topological polar surface area (TPSA) is 77.0 Å². The largest absolute Gasteiger partial charge is 0.342 e. The molecule has 1 atom stereocenters. The van der Waals surface area contributed by atoms with Crippen LogP contribution < -0.4 is 5.73 Å². The number of aryl methyl sites for hydroxylation is 1. The second-order valence-electron chi connectivity index (χ2n) is 3.51. The zero-order valence-corrected chi connectivity index (χ0v) is 9.13. The summed E-state index contributed by atoms with van der Waals surface area (Å²) in [4.78, 5) is 13.3. The molecule has 1 amide bonds. The molecule has 6 heteroatoms. The van der Waals surface area contributed by atoms with Crippen LogP contribution in [-0.4, -0.2) is 45.4 Å². The van der Waals surface area contributed by atoms with Crippen molar-refractivity contribution in [1.82, 2.24) is 19.9 Å². The van der Waals surface area contributed by atoms with Gasteiger partial charge < -0.3 is 10.6 Å². The van der Waals surface area contributed by atoms with Gasteiger partial charge in [0.1, 0.15) is 0 Å². The Hall–Kier alpha value is -1.43. The van der Waals surface area contributed by atoms with E-state index in [1.54, 1.807) is 29.0 Å². The number of likely N-dealkylation sites (N-methyl/N-ethyl adjacent to an activating group) is 1. The van der Waals surface area contributed by atoms with Crippen LogP contribution in [0.25, 0.3) is 0 Å². The number of hydrogen-bond donors (Lipinski definition) is 1. The van der Waals surface area contributed by atoms with Crippen molar-refractivity contribution in [3.8, 4) is 0 Å². The first-order valence-corrected chi connectivity index (χ1v) is 4.95. The van der Waals surface area contributed by atoms with Gasteiger partial charge in [0.05, 0.1) is 12.7 Å². The minimum absolute atomic E-state index is 0.0726. The Morgan fingerprint density at radius 1 is 1.67 bits per heavy atom. The summed E-state index contributed by atoms with van der Waals surface area (Å²) in [6.07, 6.45) is 3.75. The molecule has 0 aliphatic heterocycles. The van der Waals surface area contributed by atoms with Crippen LogP contribution in [-0.2, 0) is 11.3 Å². The lowest BCUT2D eigenvalue weighted by atomic mass is 10.2. The van der Waals surface area contributed by atoms with Crippen molar-refractivity contribution >= 4 is 5.91 Å². The van der Waals surface area contributed by atoms with E-state index in [0.717, 1.165) is 0 Å². The summed E-state index contributed by atoms with van der Waals surface area (Å²) in [5.41, 5.74) is 5.48. The van der Waals surface area contributed by atoms with Crippen molar-refractivity contribution in [3.63, 3.8) is 0 Å². The smallest absolute Gasteiger partial charge is 0.224 e. The van der Waals surface area contributed by atoms with E-state index in [1.165, 1.54) is 0 Å². The molecule has 0 spiro atoms. The maximum Gasteiger partial charge on any atom is 0.224 e. The lowest BCUT2D eigenvalue weighted by Crippen LogP contribution is -2.40. The van der Waals surface area contributed by atoms with E-state index < -0.39 is 0 Å². The Morgan fingerprint density at radius 2 is 2.40 bits per heavy atom. The van der Waals surface area contributed by atoms with Crippen LogP contribution in [0.1, 0.15) is 13.3 Å². The van der Waals surface area contributed by atoms with Crippen molar-refractivity contribution in [2.24, 2.45) is 5.73 Å². The number of hydrogen-bond acceptors (Lipinski definition) is 4. The van der Waals surface area contributed by atoms with Gasteiger partial charge in [0, 0.05) is 32.3 Å². The standard InChI is InChI=1S/C9H17N5O/c1-8(7-10)13(2)9(15)3-5-14-6-4-11-12-14/h4,6,8H,3,5,7,10H2,1-2H3. The highest BCUT2D eigenvalue weighted by atomic mass is 16.2. The molecular weight excluding hydrogens is 194 g/mol. The first-order valence-electron chi connectivity index (χ1n) is 4.95. The quantitative estimate of drug-likeness (QED) is 0.710. The second kappa shape index (κ2) is 5.45. The molecule has 1 heterocycles. The van der Waals surface area contributed by atoms with Crippen molar-refractivity contribution in [2.45, 2.75) is 25.9 Å². The zero-order valence-electron chi connectivity index (χ0n) is 9.13. The van der Waals surface area contributed by atoms with E-state index in [9.17, 15) is 4.79 Å². The SMILES string of the molecule is CC(CN)N(C)C(=O)CCn1ccnn1. The predicted octanol–water partition coefficient (Wildman–Crippen LogP) is -0.526. The average molecular weight is 211 g/mol. The molecule has 1 aromatic heterocycles. The van der Waals surface area contributed by atoms with E-state index in [0.29, 0.717) is 19.5 Å². The van der Waals surface area contributed by atoms with Gasteiger partial charge in [-0.3, -0.25) is 9.48 Å². The van der Waals surface area contributed by atoms with Crippen LogP contribution in [0.4, 0.5) is 0 Å². The van der Waals surface area contributed by atoms with Crippen LogP contribution in [0.15, 0.2) is 12.4 Å². The summed E-state index contributed by atoms with van der Waals surface area (Å²) in [7, 11) is 1.77. The lowest BCUT2D eigenvalue weighted by molar-refractivity contribution is -0.131. The highest BCUT2D eigenvalue weighted by Gasteiger charge is 2.13. The maximum atomic E-state index is 11.6. The summed E-state index contributed by atoms with van der Waals surface area (Å²) in [5, 5.41) is 7.45. The highest BCUT2D eigenvalue weighted by molar-refractivity contribution is 5.76. The molecule has 0 saturated carbocycles. The van der Waals surface area contributed by atoms with Gasteiger partial charge >= 0.3 is 0 Å². The number of nitrogens with two attached hydrogens (primary N) is 1. The second-order valence-corrected chi connectivity index (χ2v) is 3.51. The average Bonchev–Trinajstić information content (AvgIpc) is 2.76. The van der Waals surface area contributed by atoms with Crippen molar-refractivity contribution < 1.29 is 4.79 Å². The zero-order chi connectivity index (χ0) is 11.3. The normalized spacial score (nSPS) is 12.5. The van der Waals surface area contributed by atoms with E-state index in [1.807, 2.05) is 6.92 Å². The first-order chi connectivity index (χ1) is 7.15. The Kier molecular flexibility index (Phi) is 4.23. The van der Waals surface area contributed by atoms with Gasteiger partial charge in [-0.2, -0.15) is 0 Å². The third kappa shape index (κ3) is 3.32. The Bertz CT molecular complexity index is 297. The summed E-state index contributed by atoms with van der Waals surface area (Å²) in [6, 6.07) is 0.0771. The summed E-state index contributed by atoms with van der Waals surface area (Å²) in [5.74, 6) is 0.0726. The molecule has 6 nitrogen and oxygen atoms in total. The molecule has 0 aliphatic rings. The molecule has 0 aromatic carbocycles. The highest BCUT2D eigenvalue weighted by Crippen LogP contribution is 1.98. The Morgan fingerprint density at radius 3 is 2.93 bits per heavy atom. The van der Waals surface area contributed by atoms with E-state index >= 15 is 0 Å². The minimum atomic E-state index is 0.0726. The minimum Gasteiger partial charge on any atom is -0.342 e. The summed E-state index contributed by atoms with van der Waals surface area (Å²) >= 11 is 0. The molecule has 0 saturated heterocycles. The van der Waals surface area contributed by atoms with Crippen LogP contribution in [0.2, 0.25) is 0 Å². The third-order valence-corrected chi connectivity index (χ3v) is 2.42. The molecule has 2 N–H and O–H groups in total. The van der Waals surface area contributed by atoms with E-state index in [-0.39, 0.29) is 11.9 Å². The van der Waals surface area contributed by atoms with Gasteiger partial charge in [0.15, 0.2) is 0 Å². The van der Waals surface area contributed by atoms with Crippen molar-refractivity contribution in [3.05, 3.63) is 12.4 Å². The molecule has 1 aromatic rings. The Balaban J connectivity index is 2.36. The molecule has 0 radical (unpaired) electrons. The Labute approximate surface area is 89.0 Å². The van der Waals surface area contributed by atoms with Crippen LogP contribution >= 0.6 is 0 Å². The number of carbonyl (C=O) groups excluding carboxylic acids is 1.